The Morgan fingerprint density at radius 2 is 1.90 bits per heavy atom. The third kappa shape index (κ3) is 4.28. The molecule has 0 heterocycles. The zero-order valence-electron chi connectivity index (χ0n) is 11.1. The lowest BCUT2D eigenvalue weighted by Crippen LogP contribution is -2.04. The standard InChI is InChI=1S/C11H16NO7P/c1-3-17-20(16,18-4-2)19-11-6-5-9(8-13)7-10(11)12(14)15/h5-7,13H,3-4,8H2,1-2H3. The summed E-state index contributed by atoms with van der Waals surface area (Å²) in [6.45, 7) is 2.98. The summed E-state index contributed by atoms with van der Waals surface area (Å²) in [5, 5.41) is 19.9. The van der Waals surface area contributed by atoms with Crippen LogP contribution in [0.25, 0.3) is 0 Å². The van der Waals surface area contributed by atoms with Gasteiger partial charge in [0.05, 0.1) is 24.7 Å². The van der Waals surface area contributed by atoms with Crippen molar-refractivity contribution in [3.05, 3.63) is 33.9 Å². The Labute approximate surface area is 116 Å². The van der Waals surface area contributed by atoms with Crippen molar-refractivity contribution in [2.24, 2.45) is 0 Å². The molecule has 9 heteroatoms. The van der Waals surface area contributed by atoms with Gasteiger partial charge in [0.25, 0.3) is 0 Å². The fourth-order valence-corrected chi connectivity index (χ4v) is 2.62. The highest BCUT2D eigenvalue weighted by Gasteiger charge is 2.31. The Hall–Kier alpha value is -1.47. The molecule has 8 nitrogen and oxygen atoms in total. The second-order valence-corrected chi connectivity index (χ2v) is 5.18. The largest absolute Gasteiger partial charge is 0.530 e. The van der Waals surface area contributed by atoms with E-state index in [1.54, 1.807) is 13.8 Å². The highest BCUT2D eigenvalue weighted by Crippen LogP contribution is 2.51. The Balaban J connectivity index is 3.12. The number of rotatable bonds is 8. The van der Waals surface area contributed by atoms with Crippen LogP contribution in [0.2, 0.25) is 0 Å². The van der Waals surface area contributed by atoms with E-state index in [0.717, 1.165) is 6.07 Å². The van der Waals surface area contributed by atoms with Gasteiger partial charge in [0.15, 0.2) is 0 Å². The molecule has 0 aromatic heterocycles. The summed E-state index contributed by atoms with van der Waals surface area (Å²) in [6, 6.07) is 3.80. The fourth-order valence-electron chi connectivity index (χ4n) is 1.41. The van der Waals surface area contributed by atoms with Gasteiger partial charge in [-0.15, -0.1) is 0 Å². The van der Waals surface area contributed by atoms with E-state index in [-0.39, 0.29) is 25.6 Å². The molecule has 0 unspecified atom stereocenters. The van der Waals surface area contributed by atoms with Crippen LogP contribution in [0, 0.1) is 10.1 Å². The van der Waals surface area contributed by atoms with Crippen molar-refractivity contribution in [2.75, 3.05) is 13.2 Å². The maximum Gasteiger partial charge on any atom is 0.530 e. The molecule has 0 aliphatic rings. The first-order valence-electron chi connectivity index (χ1n) is 5.92. The predicted octanol–water partition coefficient (Wildman–Crippen LogP) is 2.65. The Morgan fingerprint density at radius 1 is 1.30 bits per heavy atom. The van der Waals surface area contributed by atoms with Gasteiger partial charge in [-0.2, -0.15) is 0 Å². The second-order valence-electron chi connectivity index (χ2n) is 3.59. The molecule has 0 spiro atoms. The number of aliphatic hydroxyl groups excluding tert-OH is 1. The molecule has 1 rings (SSSR count). The van der Waals surface area contributed by atoms with E-state index in [1.165, 1.54) is 12.1 Å². The van der Waals surface area contributed by atoms with Crippen LogP contribution in [-0.2, 0) is 20.2 Å². The van der Waals surface area contributed by atoms with Crippen molar-refractivity contribution in [3.8, 4) is 5.75 Å². The molecule has 0 atom stereocenters. The zero-order chi connectivity index (χ0) is 15.2. The van der Waals surface area contributed by atoms with Crippen LogP contribution in [0.15, 0.2) is 18.2 Å². The lowest BCUT2D eigenvalue weighted by atomic mass is 10.2. The van der Waals surface area contributed by atoms with Crippen LogP contribution >= 0.6 is 7.82 Å². The predicted molar refractivity (Wildman–Crippen MR) is 70.5 cm³/mol. The van der Waals surface area contributed by atoms with Gasteiger partial charge >= 0.3 is 13.5 Å². The Bertz CT molecular complexity index is 509. The number of phosphoric ester groups is 1. The molecule has 1 aromatic carbocycles. The van der Waals surface area contributed by atoms with E-state index in [0.29, 0.717) is 5.56 Å². The molecule has 0 bridgehead atoms. The summed E-state index contributed by atoms with van der Waals surface area (Å²) in [5.74, 6) is -0.238. The molecule has 0 aliphatic heterocycles. The van der Waals surface area contributed by atoms with Crippen LogP contribution in [0.1, 0.15) is 19.4 Å². The number of hydrogen-bond acceptors (Lipinski definition) is 7. The van der Waals surface area contributed by atoms with Gasteiger partial charge in [-0.1, -0.05) is 6.07 Å². The Morgan fingerprint density at radius 3 is 2.35 bits per heavy atom. The van der Waals surface area contributed by atoms with E-state index in [1.807, 2.05) is 0 Å². The number of aliphatic hydroxyl groups is 1. The average molecular weight is 305 g/mol. The first kappa shape index (κ1) is 16.6. The molecule has 0 saturated carbocycles. The SMILES string of the molecule is CCOP(=O)(OCC)Oc1ccc(CO)cc1[N+](=O)[O-]. The first-order valence-corrected chi connectivity index (χ1v) is 7.38. The normalized spacial score (nSPS) is 11.3. The van der Waals surface area contributed by atoms with Crippen molar-refractivity contribution in [3.63, 3.8) is 0 Å². The van der Waals surface area contributed by atoms with Gasteiger partial charge in [0, 0.05) is 6.07 Å². The number of nitro groups is 1. The molecule has 0 saturated heterocycles. The first-order chi connectivity index (χ1) is 9.45. The van der Waals surface area contributed by atoms with Crippen molar-refractivity contribution in [1.29, 1.82) is 0 Å². The quantitative estimate of drug-likeness (QED) is 0.446. The van der Waals surface area contributed by atoms with Crippen molar-refractivity contribution in [1.82, 2.24) is 0 Å². The van der Waals surface area contributed by atoms with Crippen LogP contribution in [0.3, 0.4) is 0 Å². The number of nitro benzene ring substituents is 1. The third-order valence-electron chi connectivity index (χ3n) is 2.19. The molecule has 0 fully saturated rings. The molecule has 112 valence electrons. The molecule has 1 N–H and O–H groups in total. The molecule has 0 aliphatic carbocycles. The van der Waals surface area contributed by atoms with E-state index in [9.17, 15) is 14.7 Å². The monoisotopic (exact) mass is 305 g/mol. The van der Waals surface area contributed by atoms with Crippen molar-refractivity contribution in [2.45, 2.75) is 20.5 Å². The summed E-state index contributed by atoms with van der Waals surface area (Å²) in [7, 11) is -3.90. The molecule has 1 aromatic rings. The minimum absolute atomic E-state index is 0.0692. The number of benzene rings is 1. The molecule has 20 heavy (non-hydrogen) atoms. The van der Waals surface area contributed by atoms with Crippen LogP contribution in [-0.4, -0.2) is 23.2 Å². The lowest BCUT2D eigenvalue weighted by molar-refractivity contribution is -0.385. The zero-order valence-corrected chi connectivity index (χ0v) is 12.0. The van der Waals surface area contributed by atoms with E-state index in [2.05, 4.69) is 0 Å². The summed E-state index contributed by atoms with van der Waals surface area (Å²) >= 11 is 0. The number of hydrogen-bond donors (Lipinski definition) is 1. The molecule has 0 amide bonds. The number of phosphoric acid groups is 1. The van der Waals surface area contributed by atoms with Gasteiger partial charge in [0.2, 0.25) is 5.75 Å². The van der Waals surface area contributed by atoms with Gasteiger partial charge in [-0.05, 0) is 25.5 Å². The minimum Gasteiger partial charge on any atom is -0.397 e. The minimum atomic E-state index is -3.90. The summed E-state index contributed by atoms with van der Waals surface area (Å²) in [6.07, 6.45) is 0. The Kier molecular flexibility index (Phi) is 6.09. The van der Waals surface area contributed by atoms with E-state index >= 15 is 0 Å². The third-order valence-corrected chi connectivity index (χ3v) is 3.76. The van der Waals surface area contributed by atoms with Gasteiger partial charge in [0.1, 0.15) is 0 Å². The topological polar surface area (TPSA) is 108 Å². The van der Waals surface area contributed by atoms with Gasteiger partial charge in [-0.3, -0.25) is 19.2 Å². The van der Waals surface area contributed by atoms with E-state index in [4.69, 9.17) is 18.7 Å². The van der Waals surface area contributed by atoms with Crippen LogP contribution < -0.4 is 4.52 Å². The van der Waals surface area contributed by atoms with Crippen molar-refractivity contribution < 1.29 is 28.2 Å². The van der Waals surface area contributed by atoms with Gasteiger partial charge in [-0.25, -0.2) is 4.57 Å². The number of nitrogens with zero attached hydrogens (tertiary/aromatic N) is 1. The van der Waals surface area contributed by atoms with Crippen LogP contribution in [0.5, 0.6) is 5.75 Å². The average Bonchev–Trinajstić information content (AvgIpc) is 2.39. The van der Waals surface area contributed by atoms with Crippen molar-refractivity contribution >= 4 is 13.5 Å². The fraction of sp³-hybridized carbons (Fsp3) is 0.455. The highest BCUT2D eigenvalue weighted by molar-refractivity contribution is 7.48. The maximum absolute atomic E-state index is 12.2. The summed E-state index contributed by atoms with van der Waals surface area (Å²) in [4.78, 5) is 10.3. The van der Waals surface area contributed by atoms with Gasteiger partial charge < -0.3 is 9.63 Å². The summed E-state index contributed by atoms with van der Waals surface area (Å²) < 4.78 is 27.0. The summed E-state index contributed by atoms with van der Waals surface area (Å²) in [5.41, 5.74) is -0.0807. The lowest BCUT2D eigenvalue weighted by Gasteiger charge is -2.17. The molecule has 0 radical (unpaired) electrons. The molecular weight excluding hydrogens is 289 g/mol. The second kappa shape index (κ2) is 7.35. The highest BCUT2D eigenvalue weighted by atomic mass is 31.2. The van der Waals surface area contributed by atoms with E-state index < -0.39 is 18.4 Å². The smallest absolute Gasteiger partial charge is 0.397 e. The molecular formula is C11H16NO7P. The maximum atomic E-state index is 12.2. The van der Waals surface area contributed by atoms with Crippen LogP contribution in [0.4, 0.5) is 5.69 Å².